The van der Waals surface area contributed by atoms with Gasteiger partial charge >= 0.3 is 6.09 Å². The van der Waals surface area contributed by atoms with Crippen molar-refractivity contribution in [3.8, 4) is 0 Å². The average Bonchev–Trinajstić information content (AvgIpc) is 2.96. The number of benzene rings is 2. The van der Waals surface area contributed by atoms with Crippen molar-refractivity contribution in [1.29, 1.82) is 0 Å². The van der Waals surface area contributed by atoms with E-state index in [2.05, 4.69) is 4.90 Å². The van der Waals surface area contributed by atoms with Crippen molar-refractivity contribution in [1.82, 2.24) is 14.1 Å². The minimum Gasteiger partial charge on any atom is -0.448 e. The van der Waals surface area contributed by atoms with Gasteiger partial charge in [0.1, 0.15) is 18.2 Å². The predicted octanol–water partition coefficient (Wildman–Crippen LogP) is 5.99. The second-order valence-corrected chi connectivity index (χ2v) is 13.3. The molecule has 5 rings (SSSR count). The number of likely N-dealkylation sites (tertiary alicyclic amines) is 2. The molecule has 1 amide bonds. The molecule has 7 nitrogen and oxygen atoms in total. The first-order valence-corrected chi connectivity index (χ1v) is 15.9. The molecule has 3 heterocycles. The number of ether oxygens (including phenoxy) is 1. The Morgan fingerprint density at radius 2 is 1.52 bits per heavy atom. The van der Waals surface area contributed by atoms with Gasteiger partial charge in [0.2, 0.25) is 10.0 Å². The zero-order chi connectivity index (χ0) is 28.3. The quantitative estimate of drug-likeness (QED) is 0.410. The predicted molar refractivity (Wildman–Crippen MR) is 149 cm³/mol. The highest BCUT2D eigenvalue weighted by Gasteiger charge is 2.42. The molecule has 0 N–H and O–H groups in total. The zero-order valence-corrected chi connectivity index (χ0v) is 24.1. The molecule has 11 heteroatoms. The van der Waals surface area contributed by atoms with Crippen LogP contribution in [0.3, 0.4) is 0 Å². The number of sulfonamides is 1. The van der Waals surface area contributed by atoms with Gasteiger partial charge in [0.15, 0.2) is 0 Å². The highest BCUT2D eigenvalue weighted by molar-refractivity contribution is 7.89. The molecule has 3 aliphatic heterocycles. The number of nitrogens with zero attached hydrogens (tertiary/aromatic N) is 3. The normalized spacial score (nSPS) is 23.7. The molecule has 3 saturated heterocycles. The number of amides is 1. The van der Waals surface area contributed by atoms with E-state index in [1.807, 2.05) is 0 Å². The Morgan fingerprint density at radius 1 is 0.875 bits per heavy atom. The Balaban J connectivity index is 1.32. The third-order valence-electron chi connectivity index (χ3n) is 8.37. The topological polar surface area (TPSA) is 70.2 Å². The van der Waals surface area contributed by atoms with Gasteiger partial charge in [-0.3, -0.25) is 0 Å². The fraction of sp³-hybridized carbons (Fsp3) is 0.552. The SMILES string of the molecule is O=C(OC[C@H]1CCC[C@@H](c2cc(F)cc(F)c2)N1S(=O)(=O)c1ccc(Cl)cc1)N1CCC(N2CCCCC2)CC1. The molecule has 2 aromatic rings. The van der Waals surface area contributed by atoms with Crippen LogP contribution in [0.1, 0.15) is 63.0 Å². The van der Waals surface area contributed by atoms with Crippen molar-refractivity contribution >= 4 is 27.7 Å². The van der Waals surface area contributed by atoms with Gasteiger partial charge in [0, 0.05) is 30.2 Å². The Morgan fingerprint density at radius 3 is 2.17 bits per heavy atom. The fourth-order valence-corrected chi connectivity index (χ4v) is 8.31. The molecule has 2 atom stereocenters. The number of hydrogen-bond acceptors (Lipinski definition) is 5. The highest BCUT2D eigenvalue weighted by Crippen LogP contribution is 2.39. The number of carbonyl (C=O) groups excluding carboxylic acids is 1. The minimum atomic E-state index is -4.12. The van der Waals surface area contributed by atoms with Gasteiger partial charge in [-0.2, -0.15) is 4.31 Å². The van der Waals surface area contributed by atoms with Gasteiger partial charge in [-0.25, -0.2) is 22.0 Å². The molecule has 0 aromatic heterocycles. The monoisotopic (exact) mass is 595 g/mol. The standard InChI is InChI=1S/C29H36ClF2N3O4S/c30-22-7-9-27(10-8-22)40(37,38)35-26(5-4-6-28(35)21-17-23(31)19-24(32)18-21)20-39-29(36)34-15-11-25(12-16-34)33-13-2-1-3-14-33/h7-10,17-19,25-26,28H,1-6,11-16,20H2/t26-,28+/m1/s1. The lowest BCUT2D eigenvalue weighted by atomic mass is 9.93. The fourth-order valence-electron chi connectivity index (χ4n) is 6.34. The first-order chi connectivity index (χ1) is 19.2. The number of rotatable bonds is 6. The Kier molecular flexibility index (Phi) is 9.29. The lowest BCUT2D eigenvalue weighted by molar-refractivity contribution is 0.0449. The summed E-state index contributed by atoms with van der Waals surface area (Å²) in [5.74, 6) is -1.55. The van der Waals surface area contributed by atoms with Crippen molar-refractivity contribution < 1.29 is 26.7 Å². The van der Waals surface area contributed by atoms with E-state index in [4.69, 9.17) is 16.3 Å². The van der Waals surface area contributed by atoms with Crippen LogP contribution in [0.15, 0.2) is 47.4 Å². The molecule has 2 aromatic carbocycles. The number of hydrogen-bond donors (Lipinski definition) is 0. The molecule has 0 aliphatic carbocycles. The molecule has 0 radical (unpaired) electrons. The summed E-state index contributed by atoms with van der Waals surface area (Å²) >= 11 is 5.99. The highest BCUT2D eigenvalue weighted by atomic mass is 35.5. The summed E-state index contributed by atoms with van der Waals surface area (Å²) in [5, 5.41) is 0.385. The summed E-state index contributed by atoms with van der Waals surface area (Å²) < 4.78 is 63.2. The molecule has 0 unspecified atom stereocenters. The van der Waals surface area contributed by atoms with E-state index in [-0.39, 0.29) is 17.1 Å². The smallest absolute Gasteiger partial charge is 0.409 e. The number of carbonyl (C=O) groups is 1. The van der Waals surface area contributed by atoms with Gasteiger partial charge < -0.3 is 14.5 Å². The molecule has 0 saturated carbocycles. The Labute approximate surface area is 240 Å². The summed E-state index contributed by atoms with van der Waals surface area (Å²) in [6.45, 7) is 3.29. The molecule has 3 aliphatic rings. The molecular formula is C29H36ClF2N3O4S. The van der Waals surface area contributed by atoms with E-state index >= 15 is 0 Å². The second kappa shape index (κ2) is 12.7. The summed E-state index contributed by atoms with van der Waals surface area (Å²) in [6.07, 6.45) is 6.49. The lowest BCUT2D eigenvalue weighted by Gasteiger charge is -2.42. The van der Waals surface area contributed by atoms with E-state index < -0.39 is 39.8 Å². The molecule has 0 spiro atoms. The third kappa shape index (κ3) is 6.61. The second-order valence-electron chi connectivity index (χ2n) is 11.0. The first kappa shape index (κ1) is 29.2. The maximum atomic E-state index is 14.2. The van der Waals surface area contributed by atoms with E-state index in [1.54, 1.807) is 4.90 Å². The van der Waals surface area contributed by atoms with Crippen LogP contribution >= 0.6 is 11.6 Å². The number of piperidine rings is 3. The Hall–Kier alpha value is -2.27. The van der Waals surface area contributed by atoms with Crippen LogP contribution in [0.4, 0.5) is 13.6 Å². The van der Waals surface area contributed by atoms with Crippen LogP contribution in [0.5, 0.6) is 0 Å². The zero-order valence-electron chi connectivity index (χ0n) is 22.5. The molecule has 3 fully saturated rings. The summed E-state index contributed by atoms with van der Waals surface area (Å²) in [6, 6.07) is 7.85. The lowest BCUT2D eigenvalue weighted by Crippen LogP contribution is -2.50. The third-order valence-corrected chi connectivity index (χ3v) is 10.6. The van der Waals surface area contributed by atoms with E-state index in [0.29, 0.717) is 43.4 Å². The largest absolute Gasteiger partial charge is 0.448 e. The molecule has 40 heavy (non-hydrogen) atoms. The van der Waals surface area contributed by atoms with E-state index in [9.17, 15) is 22.0 Å². The molecular weight excluding hydrogens is 560 g/mol. The van der Waals surface area contributed by atoms with Gasteiger partial charge in [-0.15, -0.1) is 0 Å². The van der Waals surface area contributed by atoms with Crippen LogP contribution in [-0.4, -0.2) is 73.5 Å². The summed E-state index contributed by atoms with van der Waals surface area (Å²) in [5.41, 5.74) is 0.228. The van der Waals surface area contributed by atoms with Crippen molar-refractivity contribution in [2.24, 2.45) is 0 Å². The van der Waals surface area contributed by atoms with E-state index in [0.717, 1.165) is 32.0 Å². The van der Waals surface area contributed by atoms with Gasteiger partial charge in [0.05, 0.1) is 17.0 Å². The minimum absolute atomic E-state index is 0.0109. The van der Waals surface area contributed by atoms with Crippen molar-refractivity contribution in [2.45, 2.75) is 74.4 Å². The van der Waals surface area contributed by atoms with Crippen molar-refractivity contribution in [3.63, 3.8) is 0 Å². The first-order valence-electron chi connectivity index (χ1n) is 14.1. The van der Waals surface area contributed by atoms with Crippen molar-refractivity contribution in [3.05, 3.63) is 64.7 Å². The maximum Gasteiger partial charge on any atom is 0.409 e. The summed E-state index contributed by atoms with van der Waals surface area (Å²) in [4.78, 5) is 17.3. The Bertz CT molecular complexity index is 1260. The molecule has 0 bridgehead atoms. The van der Waals surface area contributed by atoms with Gasteiger partial charge in [-0.1, -0.05) is 18.0 Å². The summed E-state index contributed by atoms with van der Waals surface area (Å²) in [7, 11) is -4.12. The number of halogens is 3. The van der Waals surface area contributed by atoms with Crippen LogP contribution < -0.4 is 0 Å². The van der Waals surface area contributed by atoms with Gasteiger partial charge in [0.25, 0.3) is 0 Å². The van der Waals surface area contributed by atoms with Crippen LogP contribution in [-0.2, 0) is 14.8 Å². The average molecular weight is 596 g/mol. The van der Waals surface area contributed by atoms with Crippen LogP contribution in [0.2, 0.25) is 5.02 Å². The van der Waals surface area contributed by atoms with Crippen LogP contribution in [0, 0.1) is 11.6 Å². The van der Waals surface area contributed by atoms with Crippen molar-refractivity contribution in [2.75, 3.05) is 32.8 Å². The van der Waals surface area contributed by atoms with Gasteiger partial charge in [-0.05, 0) is 100.0 Å². The van der Waals surface area contributed by atoms with E-state index in [1.165, 1.54) is 60.0 Å². The molecule has 218 valence electrons. The maximum absolute atomic E-state index is 14.2. The van der Waals surface area contributed by atoms with Crippen LogP contribution in [0.25, 0.3) is 0 Å².